The maximum absolute atomic E-state index is 11.7. The van der Waals surface area contributed by atoms with Crippen molar-refractivity contribution < 1.29 is 4.79 Å². The number of hydrogen-bond donors (Lipinski definition) is 2. The maximum Gasteiger partial charge on any atom is 0.237 e. The Labute approximate surface area is 119 Å². The van der Waals surface area contributed by atoms with Crippen LogP contribution >= 0.6 is 0 Å². The molecule has 1 aliphatic rings. The van der Waals surface area contributed by atoms with Crippen LogP contribution in [0.25, 0.3) is 0 Å². The van der Waals surface area contributed by atoms with Crippen molar-refractivity contribution in [2.24, 2.45) is 5.73 Å². The fourth-order valence-electron chi connectivity index (χ4n) is 2.59. The molecule has 20 heavy (non-hydrogen) atoms. The van der Waals surface area contributed by atoms with E-state index in [4.69, 9.17) is 5.73 Å². The molecule has 112 valence electrons. The van der Waals surface area contributed by atoms with Crippen LogP contribution in [0.3, 0.4) is 0 Å². The lowest BCUT2D eigenvalue weighted by Gasteiger charge is -2.33. The molecule has 0 saturated heterocycles. The number of amides is 1. The van der Waals surface area contributed by atoms with Gasteiger partial charge in [0.05, 0.1) is 12.1 Å². The summed E-state index contributed by atoms with van der Waals surface area (Å²) in [4.78, 5) is 14.0. The van der Waals surface area contributed by atoms with Crippen LogP contribution < -0.4 is 11.1 Å². The predicted molar refractivity (Wildman–Crippen MR) is 75.8 cm³/mol. The maximum atomic E-state index is 11.7. The molecule has 0 aromatic carbocycles. The number of hydrogen-bond acceptors (Lipinski definition) is 5. The van der Waals surface area contributed by atoms with E-state index in [9.17, 15) is 4.79 Å². The van der Waals surface area contributed by atoms with E-state index in [1.165, 1.54) is 0 Å². The number of nitrogens with zero attached hydrogens (tertiary/aromatic N) is 4. The standard InChI is InChI=1S/C13H24N6O/c1-10(2)16-13(3,12(14)20)4-5-18-6-7-19-9-15-17-11(19)8-18/h9-10,16H,4-8H2,1-3H3,(H2,14,20). The quantitative estimate of drug-likeness (QED) is 0.748. The van der Waals surface area contributed by atoms with E-state index in [0.717, 1.165) is 32.0 Å². The lowest BCUT2D eigenvalue weighted by atomic mass is 9.95. The fraction of sp³-hybridized carbons (Fsp3) is 0.769. The van der Waals surface area contributed by atoms with Crippen LogP contribution in [0, 0.1) is 0 Å². The zero-order valence-corrected chi connectivity index (χ0v) is 12.5. The Morgan fingerprint density at radius 1 is 1.55 bits per heavy atom. The summed E-state index contributed by atoms with van der Waals surface area (Å²) in [6, 6.07) is 0.219. The summed E-state index contributed by atoms with van der Waals surface area (Å²) in [5.41, 5.74) is 4.88. The van der Waals surface area contributed by atoms with Crippen molar-refractivity contribution in [3.8, 4) is 0 Å². The Balaban J connectivity index is 1.92. The highest BCUT2D eigenvalue weighted by Crippen LogP contribution is 2.15. The SMILES string of the molecule is CC(C)NC(C)(CCN1CCn2cnnc2C1)C(N)=O. The normalized spacial score (nSPS) is 18.8. The molecule has 3 N–H and O–H groups in total. The van der Waals surface area contributed by atoms with E-state index in [1.54, 1.807) is 6.33 Å². The largest absolute Gasteiger partial charge is 0.368 e. The molecule has 1 atom stereocenters. The number of carbonyl (C=O) groups is 1. The molecule has 0 radical (unpaired) electrons. The highest BCUT2D eigenvalue weighted by atomic mass is 16.1. The molecular weight excluding hydrogens is 256 g/mol. The molecule has 0 spiro atoms. The average molecular weight is 280 g/mol. The highest BCUT2D eigenvalue weighted by Gasteiger charge is 2.32. The Morgan fingerprint density at radius 3 is 2.95 bits per heavy atom. The fourth-order valence-corrected chi connectivity index (χ4v) is 2.59. The zero-order valence-electron chi connectivity index (χ0n) is 12.5. The van der Waals surface area contributed by atoms with Crippen molar-refractivity contribution in [2.75, 3.05) is 13.1 Å². The third-order valence-electron chi connectivity index (χ3n) is 3.80. The lowest BCUT2D eigenvalue weighted by Crippen LogP contribution is -2.57. The van der Waals surface area contributed by atoms with Crippen molar-refractivity contribution in [3.05, 3.63) is 12.2 Å². The van der Waals surface area contributed by atoms with E-state index in [2.05, 4.69) is 25.0 Å². The van der Waals surface area contributed by atoms with E-state index in [1.807, 2.05) is 20.8 Å². The van der Waals surface area contributed by atoms with Crippen LogP contribution in [-0.4, -0.2) is 50.2 Å². The average Bonchev–Trinajstić information content (AvgIpc) is 2.82. The van der Waals surface area contributed by atoms with Crippen molar-refractivity contribution in [1.82, 2.24) is 25.0 Å². The molecule has 1 unspecified atom stereocenters. The number of rotatable bonds is 6. The van der Waals surface area contributed by atoms with Gasteiger partial charge in [-0.3, -0.25) is 9.69 Å². The van der Waals surface area contributed by atoms with Crippen molar-refractivity contribution >= 4 is 5.91 Å². The molecule has 0 saturated carbocycles. The van der Waals surface area contributed by atoms with Crippen molar-refractivity contribution in [3.63, 3.8) is 0 Å². The molecule has 1 aliphatic heterocycles. The van der Waals surface area contributed by atoms with E-state index < -0.39 is 5.54 Å². The summed E-state index contributed by atoms with van der Waals surface area (Å²) < 4.78 is 2.07. The Morgan fingerprint density at radius 2 is 2.30 bits per heavy atom. The van der Waals surface area contributed by atoms with Crippen LogP contribution in [0.15, 0.2) is 6.33 Å². The second kappa shape index (κ2) is 5.88. The molecule has 1 amide bonds. The van der Waals surface area contributed by atoms with Gasteiger partial charge >= 0.3 is 0 Å². The molecule has 2 heterocycles. The van der Waals surface area contributed by atoms with Gasteiger partial charge in [-0.05, 0) is 27.2 Å². The first-order valence-corrected chi connectivity index (χ1v) is 7.07. The predicted octanol–water partition coefficient (Wildman–Crippen LogP) is -0.274. The molecule has 2 rings (SSSR count). The van der Waals surface area contributed by atoms with Gasteiger partial charge in [0.25, 0.3) is 0 Å². The Hall–Kier alpha value is -1.47. The highest BCUT2D eigenvalue weighted by molar-refractivity contribution is 5.84. The first-order valence-electron chi connectivity index (χ1n) is 7.07. The minimum absolute atomic E-state index is 0.219. The van der Waals surface area contributed by atoms with Gasteiger partial charge in [0.15, 0.2) is 0 Å². The third kappa shape index (κ3) is 3.34. The summed E-state index contributed by atoms with van der Waals surface area (Å²) >= 11 is 0. The van der Waals surface area contributed by atoms with Crippen molar-refractivity contribution in [2.45, 2.75) is 51.9 Å². The zero-order chi connectivity index (χ0) is 14.8. The lowest BCUT2D eigenvalue weighted by molar-refractivity contribution is -0.124. The number of nitrogens with two attached hydrogens (primary N) is 1. The minimum Gasteiger partial charge on any atom is -0.368 e. The summed E-state index contributed by atoms with van der Waals surface area (Å²) in [5, 5.41) is 11.3. The van der Waals surface area contributed by atoms with Gasteiger partial charge in [-0.25, -0.2) is 0 Å². The van der Waals surface area contributed by atoms with Gasteiger partial charge < -0.3 is 15.6 Å². The summed E-state index contributed by atoms with van der Waals surface area (Å²) in [7, 11) is 0. The minimum atomic E-state index is -0.667. The van der Waals surface area contributed by atoms with E-state index >= 15 is 0 Å². The van der Waals surface area contributed by atoms with Gasteiger partial charge in [-0.15, -0.1) is 10.2 Å². The van der Waals surface area contributed by atoms with Gasteiger partial charge in [0.2, 0.25) is 5.91 Å². The molecule has 1 aromatic heterocycles. The first-order chi connectivity index (χ1) is 9.40. The smallest absolute Gasteiger partial charge is 0.237 e. The summed E-state index contributed by atoms with van der Waals surface area (Å²) in [6.45, 7) is 9.34. The summed E-state index contributed by atoms with van der Waals surface area (Å²) in [5.74, 6) is 0.681. The first kappa shape index (κ1) is 14.9. The molecule has 0 aliphatic carbocycles. The van der Waals surface area contributed by atoms with Crippen molar-refractivity contribution in [1.29, 1.82) is 0 Å². The topological polar surface area (TPSA) is 89.1 Å². The number of nitrogens with one attached hydrogen (secondary N) is 1. The van der Waals surface area contributed by atoms with Crippen LogP contribution in [0.1, 0.15) is 33.0 Å². The Bertz CT molecular complexity index is 471. The molecule has 0 bridgehead atoms. The number of fused-ring (bicyclic) bond motifs is 1. The number of carbonyl (C=O) groups excluding carboxylic acids is 1. The van der Waals surface area contributed by atoms with Crippen LogP contribution in [0.4, 0.5) is 0 Å². The van der Waals surface area contributed by atoms with Crippen LogP contribution in [0.2, 0.25) is 0 Å². The molecule has 7 nitrogen and oxygen atoms in total. The number of primary amides is 1. The van der Waals surface area contributed by atoms with Crippen LogP contribution in [0.5, 0.6) is 0 Å². The van der Waals surface area contributed by atoms with Gasteiger partial charge in [-0.1, -0.05) is 0 Å². The second-order valence-electron chi connectivity index (χ2n) is 5.96. The van der Waals surface area contributed by atoms with E-state index in [0.29, 0.717) is 6.42 Å². The molecular formula is C13H24N6O. The van der Waals surface area contributed by atoms with Crippen LogP contribution in [-0.2, 0) is 17.9 Å². The third-order valence-corrected chi connectivity index (χ3v) is 3.80. The molecule has 1 aromatic rings. The molecule has 7 heteroatoms. The monoisotopic (exact) mass is 280 g/mol. The van der Waals surface area contributed by atoms with Gasteiger partial charge in [0.1, 0.15) is 12.2 Å². The second-order valence-corrected chi connectivity index (χ2v) is 5.96. The van der Waals surface area contributed by atoms with Gasteiger partial charge in [-0.2, -0.15) is 0 Å². The van der Waals surface area contributed by atoms with Gasteiger partial charge in [0, 0.05) is 25.7 Å². The van der Waals surface area contributed by atoms with E-state index in [-0.39, 0.29) is 11.9 Å². The molecule has 0 fully saturated rings. The number of aromatic nitrogens is 3. The summed E-state index contributed by atoms with van der Waals surface area (Å²) in [6.07, 6.45) is 2.45. The Kier molecular flexibility index (Phi) is 4.39.